The summed E-state index contributed by atoms with van der Waals surface area (Å²) in [6.07, 6.45) is 1.72. The average molecular weight is 369 g/mol. The van der Waals surface area contributed by atoms with Crippen molar-refractivity contribution in [2.75, 3.05) is 6.61 Å². The van der Waals surface area contributed by atoms with Crippen molar-refractivity contribution in [2.24, 2.45) is 0 Å². The van der Waals surface area contributed by atoms with E-state index in [1.807, 2.05) is 42.5 Å². The molecule has 0 radical (unpaired) electrons. The second-order valence-electron chi connectivity index (χ2n) is 5.63. The number of carbonyl (C=O) groups excluding carboxylic acids is 2. The lowest BCUT2D eigenvalue weighted by Gasteiger charge is -2.08. The summed E-state index contributed by atoms with van der Waals surface area (Å²) in [4.78, 5) is 28.0. The summed E-state index contributed by atoms with van der Waals surface area (Å²) < 4.78 is 6.45. The summed E-state index contributed by atoms with van der Waals surface area (Å²) in [5.41, 5.74) is 5.73. The van der Waals surface area contributed by atoms with Crippen LogP contribution in [0.4, 0.5) is 0 Å². The molecule has 3 aromatic rings. The fourth-order valence-electron chi connectivity index (χ4n) is 2.33. The largest absolute Gasteiger partial charge is 0.484 e. The molecule has 0 bridgehead atoms. The molecular weight excluding hydrogens is 350 g/mol. The van der Waals surface area contributed by atoms with Crippen molar-refractivity contribution in [3.05, 3.63) is 59.6 Å². The van der Waals surface area contributed by atoms with Crippen molar-refractivity contribution in [3.8, 4) is 5.75 Å². The van der Waals surface area contributed by atoms with E-state index < -0.39 is 5.91 Å². The van der Waals surface area contributed by atoms with Crippen molar-refractivity contribution in [1.29, 1.82) is 0 Å². The number of nitrogens with one attached hydrogen (secondary N) is 2. The third kappa shape index (κ3) is 5.29. The van der Waals surface area contributed by atoms with Gasteiger partial charge in [-0.2, -0.15) is 0 Å². The molecule has 7 heteroatoms. The first-order valence-corrected chi connectivity index (χ1v) is 9.12. The van der Waals surface area contributed by atoms with Gasteiger partial charge >= 0.3 is 0 Å². The van der Waals surface area contributed by atoms with Crippen LogP contribution in [0.3, 0.4) is 0 Å². The minimum absolute atomic E-state index is 0.157. The Labute approximate surface area is 155 Å². The number of hydrogen-bond donors (Lipinski definition) is 2. The first-order chi connectivity index (χ1) is 12.7. The number of fused-ring (bicyclic) bond motifs is 1. The Bertz CT molecular complexity index is 847. The molecule has 0 aliphatic rings. The van der Waals surface area contributed by atoms with Crippen LogP contribution < -0.4 is 15.6 Å². The summed E-state index contributed by atoms with van der Waals surface area (Å²) in [5.74, 6) is -0.0441. The molecule has 0 spiro atoms. The fraction of sp³-hybridized carbons (Fsp3) is 0.211. The zero-order chi connectivity index (χ0) is 18.2. The minimum atomic E-state index is -0.409. The lowest BCUT2D eigenvalue weighted by atomic mass is 10.2. The molecular formula is C19H19N3O3S. The van der Waals surface area contributed by atoms with Crippen LogP contribution in [0.5, 0.6) is 5.75 Å². The van der Waals surface area contributed by atoms with Gasteiger partial charge in [0, 0.05) is 6.42 Å². The molecule has 0 saturated heterocycles. The second kappa shape index (κ2) is 8.96. The number of benzene rings is 2. The van der Waals surface area contributed by atoms with E-state index >= 15 is 0 Å². The number of hydrogen-bond acceptors (Lipinski definition) is 5. The predicted octanol–water partition coefficient (Wildman–Crippen LogP) is 2.85. The van der Waals surface area contributed by atoms with Gasteiger partial charge in [0.15, 0.2) is 6.61 Å². The lowest BCUT2D eigenvalue weighted by molar-refractivity contribution is -0.130. The summed E-state index contributed by atoms with van der Waals surface area (Å²) in [6.45, 7) is -0.157. The first-order valence-electron chi connectivity index (χ1n) is 8.31. The van der Waals surface area contributed by atoms with Crippen molar-refractivity contribution >= 4 is 33.4 Å². The van der Waals surface area contributed by atoms with Crippen molar-refractivity contribution in [3.63, 3.8) is 0 Å². The van der Waals surface area contributed by atoms with E-state index in [9.17, 15) is 9.59 Å². The minimum Gasteiger partial charge on any atom is -0.484 e. The van der Waals surface area contributed by atoms with Gasteiger partial charge in [0.05, 0.1) is 15.2 Å². The van der Waals surface area contributed by atoms with Crippen molar-refractivity contribution in [2.45, 2.75) is 19.3 Å². The highest BCUT2D eigenvalue weighted by Gasteiger charge is 2.07. The number of aryl methyl sites for hydroxylation is 1. The normalized spacial score (nSPS) is 10.5. The molecule has 0 saturated carbocycles. The molecule has 1 aromatic heterocycles. The molecule has 134 valence electrons. The van der Waals surface area contributed by atoms with Crippen LogP contribution in [0, 0.1) is 0 Å². The van der Waals surface area contributed by atoms with Crippen LogP contribution >= 0.6 is 11.3 Å². The number of hydrazine groups is 1. The molecule has 6 nitrogen and oxygen atoms in total. The molecule has 0 fully saturated rings. The SMILES string of the molecule is O=C(CCCc1nc2ccccc2s1)NNC(=O)COc1ccccc1. The Morgan fingerprint density at radius 1 is 0.962 bits per heavy atom. The highest BCUT2D eigenvalue weighted by molar-refractivity contribution is 7.18. The summed E-state index contributed by atoms with van der Waals surface area (Å²) in [7, 11) is 0. The maximum atomic E-state index is 11.8. The van der Waals surface area contributed by atoms with Gasteiger partial charge in [-0.25, -0.2) is 4.98 Å². The molecule has 26 heavy (non-hydrogen) atoms. The number of para-hydroxylation sites is 2. The number of ether oxygens (including phenoxy) is 1. The number of thiazole rings is 1. The van der Waals surface area contributed by atoms with E-state index in [0.29, 0.717) is 18.6 Å². The molecule has 2 aromatic carbocycles. The van der Waals surface area contributed by atoms with E-state index in [-0.39, 0.29) is 12.5 Å². The van der Waals surface area contributed by atoms with E-state index in [1.54, 1.807) is 23.5 Å². The standard InChI is InChI=1S/C19H19N3O3S/c23-17(21-22-18(24)13-25-14-7-2-1-3-8-14)11-6-12-19-20-15-9-4-5-10-16(15)26-19/h1-5,7-10H,6,11-13H2,(H,21,23)(H,22,24). The Hall–Kier alpha value is -2.93. The Kier molecular flexibility index (Phi) is 6.16. The maximum absolute atomic E-state index is 11.8. The van der Waals surface area contributed by atoms with Crippen LogP contribution in [-0.4, -0.2) is 23.4 Å². The molecule has 2 amide bonds. The van der Waals surface area contributed by atoms with E-state index in [4.69, 9.17) is 4.74 Å². The van der Waals surface area contributed by atoms with Gasteiger partial charge < -0.3 is 4.74 Å². The van der Waals surface area contributed by atoms with Crippen LogP contribution in [-0.2, 0) is 16.0 Å². The van der Waals surface area contributed by atoms with Crippen molar-refractivity contribution in [1.82, 2.24) is 15.8 Å². The average Bonchev–Trinajstić information content (AvgIpc) is 3.08. The smallest absolute Gasteiger partial charge is 0.276 e. The molecule has 0 aliphatic carbocycles. The van der Waals surface area contributed by atoms with Gasteiger partial charge in [0.25, 0.3) is 5.91 Å². The van der Waals surface area contributed by atoms with Crippen molar-refractivity contribution < 1.29 is 14.3 Å². The van der Waals surface area contributed by atoms with Crippen LogP contribution in [0.1, 0.15) is 17.8 Å². The second-order valence-corrected chi connectivity index (χ2v) is 6.74. The summed E-state index contributed by atoms with van der Waals surface area (Å²) in [5, 5.41) is 1.01. The quantitative estimate of drug-likeness (QED) is 0.628. The zero-order valence-electron chi connectivity index (χ0n) is 14.1. The number of amides is 2. The third-order valence-electron chi connectivity index (χ3n) is 3.59. The monoisotopic (exact) mass is 369 g/mol. The summed E-state index contributed by atoms with van der Waals surface area (Å²) >= 11 is 1.64. The van der Waals surface area contributed by atoms with Gasteiger partial charge in [-0.05, 0) is 37.1 Å². The fourth-order valence-corrected chi connectivity index (χ4v) is 3.34. The van der Waals surface area contributed by atoms with E-state index in [0.717, 1.165) is 21.6 Å². The van der Waals surface area contributed by atoms with Gasteiger partial charge in [-0.1, -0.05) is 30.3 Å². The van der Waals surface area contributed by atoms with Gasteiger partial charge in [0.2, 0.25) is 5.91 Å². The Morgan fingerprint density at radius 2 is 1.69 bits per heavy atom. The van der Waals surface area contributed by atoms with E-state index in [1.165, 1.54) is 0 Å². The highest BCUT2D eigenvalue weighted by atomic mass is 32.1. The number of rotatable bonds is 7. The molecule has 0 aliphatic heterocycles. The lowest BCUT2D eigenvalue weighted by Crippen LogP contribution is -2.43. The van der Waals surface area contributed by atoms with E-state index in [2.05, 4.69) is 15.8 Å². The molecule has 0 atom stereocenters. The van der Waals surface area contributed by atoms with Gasteiger partial charge in [-0.3, -0.25) is 20.4 Å². The maximum Gasteiger partial charge on any atom is 0.276 e. The van der Waals surface area contributed by atoms with Crippen LogP contribution in [0.25, 0.3) is 10.2 Å². The number of aromatic nitrogens is 1. The zero-order valence-corrected chi connectivity index (χ0v) is 14.9. The Morgan fingerprint density at radius 3 is 2.50 bits per heavy atom. The molecule has 2 N–H and O–H groups in total. The van der Waals surface area contributed by atoms with Gasteiger partial charge in [0.1, 0.15) is 5.75 Å². The molecule has 0 unspecified atom stereocenters. The number of nitrogens with zero attached hydrogens (tertiary/aromatic N) is 1. The predicted molar refractivity (Wildman–Crippen MR) is 101 cm³/mol. The summed E-state index contributed by atoms with van der Waals surface area (Å²) in [6, 6.07) is 17.0. The highest BCUT2D eigenvalue weighted by Crippen LogP contribution is 2.22. The topological polar surface area (TPSA) is 80.3 Å². The molecule has 1 heterocycles. The van der Waals surface area contributed by atoms with Crippen LogP contribution in [0.2, 0.25) is 0 Å². The first kappa shape index (κ1) is 17.9. The molecule has 3 rings (SSSR count). The van der Waals surface area contributed by atoms with Gasteiger partial charge in [-0.15, -0.1) is 11.3 Å². The van der Waals surface area contributed by atoms with Crippen LogP contribution in [0.15, 0.2) is 54.6 Å². The third-order valence-corrected chi connectivity index (χ3v) is 4.68. The number of carbonyl (C=O) groups is 2. The Balaban J connectivity index is 1.33.